The summed E-state index contributed by atoms with van der Waals surface area (Å²) in [7, 11) is 0. The van der Waals surface area contributed by atoms with Crippen LogP contribution in [0, 0.1) is 17.1 Å². The number of rotatable bonds is 4. The second kappa shape index (κ2) is 7.68. The van der Waals surface area contributed by atoms with Gasteiger partial charge in [0.05, 0.1) is 34.5 Å². The van der Waals surface area contributed by atoms with Crippen molar-refractivity contribution in [1.29, 1.82) is 5.26 Å². The van der Waals surface area contributed by atoms with Crippen molar-refractivity contribution >= 4 is 17.5 Å². The molecule has 32 heavy (non-hydrogen) atoms. The third-order valence-electron chi connectivity index (χ3n) is 5.53. The van der Waals surface area contributed by atoms with Gasteiger partial charge in [-0.1, -0.05) is 23.7 Å². The van der Waals surface area contributed by atoms with Crippen LogP contribution < -0.4 is 0 Å². The summed E-state index contributed by atoms with van der Waals surface area (Å²) in [5.41, 5.74) is -2.57. The molecule has 2 aromatic carbocycles. The minimum absolute atomic E-state index is 0.0479. The van der Waals surface area contributed by atoms with Gasteiger partial charge >= 0.3 is 0 Å². The molecule has 4 rings (SSSR count). The Hall–Kier alpha value is -3.31. The second-order valence-electron chi connectivity index (χ2n) is 8.16. The molecule has 0 radical (unpaired) electrons. The summed E-state index contributed by atoms with van der Waals surface area (Å²) < 4.78 is 15.4. The molecule has 0 aliphatic carbocycles. The Morgan fingerprint density at radius 3 is 2.47 bits per heavy atom. The number of benzene rings is 2. The van der Waals surface area contributed by atoms with Crippen molar-refractivity contribution in [2.24, 2.45) is 0 Å². The van der Waals surface area contributed by atoms with Crippen LogP contribution in [0.15, 0.2) is 54.7 Å². The third kappa shape index (κ3) is 3.53. The summed E-state index contributed by atoms with van der Waals surface area (Å²) in [5.74, 6) is -1.44. The lowest BCUT2D eigenvalue weighted by atomic mass is 9.89. The lowest BCUT2D eigenvalue weighted by molar-refractivity contribution is -0.0567. The molecule has 0 saturated carbocycles. The van der Waals surface area contributed by atoms with Crippen molar-refractivity contribution in [1.82, 2.24) is 9.88 Å². The maximum Gasteiger partial charge on any atom is 0.257 e. The van der Waals surface area contributed by atoms with Crippen molar-refractivity contribution < 1.29 is 19.4 Å². The normalized spacial score (nSPS) is 17.9. The van der Waals surface area contributed by atoms with Gasteiger partial charge in [-0.3, -0.25) is 14.7 Å². The molecule has 0 bridgehead atoms. The van der Waals surface area contributed by atoms with Gasteiger partial charge in [0.1, 0.15) is 11.9 Å². The molecule has 2 heterocycles. The Bertz CT molecular complexity index is 1250. The van der Waals surface area contributed by atoms with Gasteiger partial charge in [0, 0.05) is 16.8 Å². The van der Waals surface area contributed by atoms with Gasteiger partial charge in [-0.05, 0) is 55.8 Å². The van der Waals surface area contributed by atoms with Gasteiger partial charge in [0.2, 0.25) is 0 Å². The summed E-state index contributed by atoms with van der Waals surface area (Å²) in [6.07, 6.45) is 1.36. The molecule has 0 saturated heterocycles. The maximum absolute atomic E-state index is 15.4. The first-order valence-corrected chi connectivity index (χ1v) is 10.2. The fourth-order valence-corrected chi connectivity index (χ4v) is 3.95. The number of aromatic nitrogens is 1. The van der Waals surface area contributed by atoms with Crippen LogP contribution in [-0.2, 0) is 17.9 Å². The van der Waals surface area contributed by atoms with E-state index in [9.17, 15) is 15.0 Å². The molecule has 1 atom stereocenters. The average molecular weight is 452 g/mol. The monoisotopic (exact) mass is 451 g/mol. The van der Waals surface area contributed by atoms with Crippen molar-refractivity contribution in [3.8, 4) is 6.07 Å². The highest BCUT2D eigenvalue weighted by molar-refractivity contribution is 6.30. The largest absolute Gasteiger partial charge is 0.386 e. The Labute approximate surface area is 189 Å². The number of hydrogen-bond acceptors (Lipinski definition) is 5. The Morgan fingerprint density at radius 2 is 1.91 bits per heavy atom. The van der Waals surface area contributed by atoms with Crippen LogP contribution in [-0.4, -0.2) is 26.0 Å². The van der Waals surface area contributed by atoms with Crippen LogP contribution in [0.4, 0.5) is 4.39 Å². The number of halogens is 2. The highest BCUT2D eigenvalue weighted by Crippen LogP contribution is 2.45. The molecule has 0 fully saturated rings. The zero-order valence-corrected chi connectivity index (χ0v) is 18.1. The van der Waals surface area contributed by atoms with Gasteiger partial charge in [0.25, 0.3) is 5.91 Å². The zero-order chi connectivity index (χ0) is 23.3. The molecule has 1 amide bonds. The average Bonchev–Trinajstić information content (AvgIpc) is 2.97. The standard InChI is InChI=1S/C24H19ClFN3O3/c1-23(2,31)16-9-19-21(20(26)10-16)24(32,15-4-6-17(25)7-5-15)29(22(19)30)13-18-8-3-14(11-27)12-28-18/h3-10,12,31-32H,13H2,1-2H3/t24-/m1/s1. The second-order valence-corrected chi connectivity index (χ2v) is 8.60. The van der Waals surface area contributed by atoms with E-state index < -0.39 is 23.1 Å². The number of amides is 1. The van der Waals surface area contributed by atoms with E-state index in [-0.39, 0.29) is 28.8 Å². The summed E-state index contributed by atoms with van der Waals surface area (Å²) >= 11 is 5.99. The number of carbonyl (C=O) groups excluding carboxylic acids is 1. The van der Waals surface area contributed by atoms with E-state index in [1.807, 2.05) is 6.07 Å². The summed E-state index contributed by atoms with van der Waals surface area (Å²) in [5, 5.41) is 31.6. The topological polar surface area (TPSA) is 97.5 Å². The lowest BCUT2D eigenvalue weighted by Gasteiger charge is -2.35. The first-order chi connectivity index (χ1) is 15.1. The van der Waals surface area contributed by atoms with E-state index >= 15 is 4.39 Å². The molecule has 1 aromatic heterocycles. The predicted octanol–water partition coefficient (Wildman–Crippen LogP) is 3.82. The van der Waals surface area contributed by atoms with E-state index in [2.05, 4.69) is 4.98 Å². The number of carbonyl (C=O) groups is 1. The SMILES string of the molecule is CC(C)(O)c1cc(F)c2c(c1)C(=O)N(Cc1ccc(C#N)cn1)[C@@]2(O)c1ccc(Cl)cc1. The van der Waals surface area contributed by atoms with Crippen LogP contribution in [0.3, 0.4) is 0 Å². The fraction of sp³-hybridized carbons (Fsp3) is 0.208. The zero-order valence-electron chi connectivity index (χ0n) is 17.3. The Morgan fingerprint density at radius 1 is 1.22 bits per heavy atom. The van der Waals surface area contributed by atoms with Crippen molar-refractivity contribution in [2.75, 3.05) is 0 Å². The third-order valence-corrected chi connectivity index (χ3v) is 5.78. The molecule has 3 aromatic rings. The molecule has 162 valence electrons. The van der Waals surface area contributed by atoms with Crippen molar-refractivity contribution in [3.63, 3.8) is 0 Å². The molecule has 1 aliphatic heterocycles. The quantitative estimate of drug-likeness (QED) is 0.628. The van der Waals surface area contributed by atoms with Crippen LogP contribution in [0.1, 0.15) is 52.2 Å². The molecule has 6 nitrogen and oxygen atoms in total. The number of nitrogens with zero attached hydrogens (tertiary/aromatic N) is 3. The van der Waals surface area contributed by atoms with E-state index in [0.717, 1.165) is 11.0 Å². The van der Waals surface area contributed by atoms with E-state index in [4.69, 9.17) is 16.9 Å². The molecule has 2 N–H and O–H groups in total. The van der Waals surface area contributed by atoms with E-state index in [1.54, 1.807) is 24.3 Å². The molecular weight excluding hydrogens is 433 g/mol. The Balaban J connectivity index is 1.91. The van der Waals surface area contributed by atoms with E-state index in [0.29, 0.717) is 16.3 Å². The Kier molecular flexibility index (Phi) is 5.25. The first kappa shape index (κ1) is 21.9. The number of aliphatic hydroxyl groups is 2. The highest BCUT2D eigenvalue weighted by atomic mass is 35.5. The predicted molar refractivity (Wildman–Crippen MR) is 115 cm³/mol. The maximum atomic E-state index is 15.4. The molecule has 0 spiro atoms. The highest BCUT2D eigenvalue weighted by Gasteiger charge is 2.52. The van der Waals surface area contributed by atoms with Gasteiger partial charge in [0.15, 0.2) is 5.72 Å². The number of hydrogen-bond donors (Lipinski definition) is 2. The molecular formula is C24H19ClFN3O3. The summed E-state index contributed by atoms with van der Waals surface area (Å²) in [6, 6.07) is 13.7. The van der Waals surface area contributed by atoms with Crippen LogP contribution in [0.5, 0.6) is 0 Å². The lowest BCUT2D eigenvalue weighted by Crippen LogP contribution is -2.44. The van der Waals surface area contributed by atoms with Gasteiger partial charge < -0.3 is 10.2 Å². The van der Waals surface area contributed by atoms with Gasteiger partial charge in [-0.2, -0.15) is 5.26 Å². The summed E-state index contributed by atoms with van der Waals surface area (Å²) in [4.78, 5) is 18.7. The molecule has 1 aliphatic rings. The summed E-state index contributed by atoms with van der Waals surface area (Å²) in [6.45, 7) is 2.82. The van der Waals surface area contributed by atoms with Crippen LogP contribution in [0.25, 0.3) is 0 Å². The van der Waals surface area contributed by atoms with Crippen molar-refractivity contribution in [2.45, 2.75) is 31.7 Å². The molecule has 0 unspecified atom stereocenters. The number of fused-ring (bicyclic) bond motifs is 1. The van der Waals surface area contributed by atoms with Gasteiger partial charge in [-0.25, -0.2) is 4.39 Å². The van der Waals surface area contributed by atoms with Crippen LogP contribution >= 0.6 is 11.6 Å². The number of pyridine rings is 1. The minimum Gasteiger partial charge on any atom is -0.386 e. The molecule has 8 heteroatoms. The fourth-order valence-electron chi connectivity index (χ4n) is 3.83. The first-order valence-electron chi connectivity index (χ1n) is 9.78. The van der Waals surface area contributed by atoms with Crippen LogP contribution in [0.2, 0.25) is 5.02 Å². The van der Waals surface area contributed by atoms with E-state index in [1.165, 1.54) is 38.2 Å². The minimum atomic E-state index is -2.13. The number of nitriles is 1. The smallest absolute Gasteiger partial charge is 0.257 e. The van der Waals surface area contributed by atoms with Gasteiger partial charge in [-0.15, -0.1) is 0 Å². The van der Waals surface area contributed by atoms with Crippen molar-refractivity contribution in [3.05, 3.63) is 99.1 Å².